The second kappa shape index (κ2) is 2.08. The van der Waals surface area contributed by atoms with Crippen LogP contribution < -0.4 is 0 Å². The molecular weight excluding hydrogens is 128 g/mol. The first-order valence-electron chi connectivity index (χ1n) is 3.45. The largest absolute Gasteiger partial charge is 0.272 e. The van der Waals surface area contributed by atoms with Crippen LogP contribution in [-0.2, 0) is 4.79 Å². The fourth-order valence-electron chi connectivity index (χ4n) is 0.880. The van der Waals surface area contributed by atoms with Crippen molar-refractivity contribution in [3.8, 4) is 0 Å². The fraction of sp³-hybridized carbons (Fsp3) is 0.714. The molecule has 0 aromatic rings. The molecule has 1 heterocycles. The maximum atomic E-state index is 11.3. The van der Waals surface area contributed by atoms with Gasteiger partial charge in [0.2, 0.25) is 0 Å². The number of amides is 1. The van der Waals surface area contributed by atoms with E-state index in [1.54, 1.807) is 6.21 Å². The molecule has 1 amide bonds. The van der Waals surface area contributed by atoms with Crippen molar-refractivity contribution < 1.29 is 4.79 Å². The average Bonchev–Trinajstić information content (AvgIpc) is 2.10. The minimum absolute atomic E-state index is 0.0926. The van der Waals surface area contributed by atoms with Crippen LogP contribution >= 0.6 is 0 Å². The van der Waals surface area contributed by atoms with Crippen LogP contribution in [0.1, 0.15) is 20.8 Å². The highest BCUT2D eigenvalue weighted by Gasteiger charge is 2.34. The molecule has 0 aromatic heterocycles. The molecule has 1 aliphatic heterocycles. The molecule has 0 aromatic carbocycles. The fourth-order valence-corrected chi connectivity index (χ4v) is 0.880. The summed E-state index contributed by atoms with van der Waals surface area (Å²) in [6.07, 6.45) is 1.69. The summed E-state index contributed by atoms with van der Waals surface area (Å²) in [6.45, 7) is 6.32. The zero-order chi connectivity index (χ0) is 7.78. The van der Waals surface area contributed by atoms with Gasteiger partial charge in [-0.3, -0.25) is 4.79 Å². The minimum atomic E-state index is -0.379. The summed E-state index contributed by atoms with van der Waals surface area (Å²) in [7, 11) is 0. The predicted octanol–water partition coefficient (Wildman–Crippen LogP) is 0.861. The van der Waals surface area contributed by atoms with Crippen molar-refractivity contribution in [1.29, 1.82) is 0 Å². The van der Waals surface area contributed by atoms with E-state index >= 15 is 0 Å². The van der Waals surface area contributed by atoms with Gasteiger partial charge in [-0.25, -0.2) is 5.01 Å². The quantitative estimate of drug-likeness (QED) is 0.531. The molecule has 0 saturated carbocycles. The number of hydrogen-bond acceptors (Lipinski definition) is 2. The number of nitrogens with zero attached hydrogens (tertiary/aromatic N) is 2. The molecule has 3 nitrogen and oxygen atoms in total. The normalized spacial score (nSPS) is 22.3. The zero-order valence-electron chi connectivity index (χ0n) is 6.59. The first-order chi connectivity index (χ1) is 4.58. The molecule has 0 fully saturated rings. The Labute approximate surface area is 60.7 Å². The van der Waals surface area contributed by atoms with Crippen LogP contribution in [0.3, 0.4) is 0 Å². The Hall–Kier alpha value is -0.860. The summed E-state index contributed by atoms with van der Waals surface area (Å²) in [5, 5.41) is 5.43. The summed E-state index contributed by atoms with van der Waals surface area (Å²) in [5.74, 6) is 0.0926. The van der Waals surface area contributed by atoms with Gasteiger partial charge in [-0.05, 0) is 20.8 Å². The molecule has 0 radical (unpaired) electrons. The molecule has 0 N–H and O–H groups in total. The lowest BCUT2D eigenvalue weighted by Gasteiger charge is -2.14. The summed E-state index contributed by atoms with van der Waals surface area (Å²) in [6, 6.07) is 0. The highest BCUT2D eigenvalue weighted by Crippen LogP contribution is 2.21. The third kappa shape index (κ3) is 0.916. The standard InChI is InChI=1S/C7H12N2O/c1-4-9-6(10)7(2,3)5-8-9/h5H,4H2,1-3H3. The second-order valence-corrected chi connectivity index (χ2v) is 2.99. The van der Waals surface area contributed by atoms with Crippen molar-refractivity contribution in [2.75, 3.05) is 6.54 Å². The Bertz CT molecular complexity index is 184. The number of hydrazone groups is 1. The highest BCUT2D eigenvalue weighted by atomic mass is 16.2. The summed E-state index contributed by atoms with van der Waals surface area (Å²) < 4.78 is 0. The number of hydrogen-bond donors (Lipinski definition) is 0. The van der Waals surface area contributed by atoms with Gasteiger partial charge in [-0.15, -0.1) is 0 Å². The number of carbonyl (C=O) groups is 1. The van der Waals surface area contributed by atoms with E-state index in [1.807, 2.05) is 20.8 Å². The summed E-state index contributed by atoms with van der Waals surface area (Å²) in [5.41, 5.74) is -0.379. The van der Waals surface area contributed by atoms with Crippen molar-refractivity contribution in [3.63, 3.8) is 0 Å². The topological polar surface area (TPSA) is 32.7 Å². The van der Waals surface area contributed by atoms with Crippen molar-refractivity contribution in [1.82, 2.24) is 5.01 Å². The van der Waals surface area contributed by atoms with Crippen molar-refractivity contribution in [3.05, 3.63) is 0 Å². The van der Waals surface area contributed by atoms with Crippen LogP contribution in [0, 0.1) is 5.41 Å². The summed E-state index contributed by atoms with van der Waals surface area (Å²) >= 11 is 0. The predicted molar refractivity (Wildman–Crippen MR) is 39.7 cm³/mol. The number of rotatable bonds is 1. The van der Waals surface area contributed by atoms with Crippen molar-refractivity contribution >= 4 is 12.1 Å². The average molecular weight is 140 g/mol. The van der Waals surface area contributed by atoms with Crippen LogP contribution in [0.2, 0.25) is 0 Å². The van der Waals surface area contributed by atoms with Gasteiger partial charge in [0.25, 0.3) is 5.91 Å². The Balaban J connectivity index is 2.78. The molecular formula is C7H12N2O. The molecule has 56 valence electrons. The lowest BCUT2D eigenvalue weighted by atomic mass is 9.95. The van der Waals surface area contributed by atoms with Crippen molar-refractivity contribution in [2.24, 2.45) is 10.5 Å². The van der Waals surface area contributed by atoms with Crippen LogP contribution in [0.4, 0.5) is 0 Å². The van der Waals surface area contributed by atoms with E-state index in [1.165, 1.54) is 5.01 Å². The lowest BCUT2D eigenvalue weighted by Crippen LogP contribution is -2.31. The van der Waals surface area contributed by atoms with Gasteiger partial charge in [0, 0.05) is 12.8 Å². The first-order valence-corrected chi connectivity index (χ1v) is 3.45. The molecule has 0 atom stereocenters. The first kappa shape index (κ1) is 7.25. The Morgan fingerprint density at radius 3 is 2.50 bits per heavy atom. The maximum Gasteiger partial charge on any atom is 0.253 e. The Morgan fingerprint density at radius 1 is 1.70 bits per heavy atom. The van der Waals surface area contributed by atoms with Crippen LogP contribution in [0.5, 0.6) is 0 Å². The van der Waals surface area contributed by atoms with Gasteiger partial charge in [-0.1, -0.05) is 0 Å². The molecule has 1 aliphatic rings. The molecule has 3 heteroatoms. The van der Waals surface area contributed by atoms with E-state index in [-0.39, 0.29) is 11.3 Å². The van der Waals surface area contributed by atoms with E-state index in [9.17, 15) is 4.79 Å². The lowest BCUT2D eigenvalue weighted by molar-refractivity contribution is -0.134. The smallest absolute Gasteiger partial charge is 0.253 e. The zero-order valence-corrected chi connectivity index (χ0v) is 6.59. The van der Waals surface area contributed by atoms with E-state index < -0.39 is 0 Å². The highest BCUT2D eigenvalue weighted by molar-refractivity contribution is 6.01. The maximum absolute atomic E-state index is 11.3. The van der Waals surface area contributed by atoms with E-state index in [0.29, 0.717) is 6.54 Å². The van der Waals surface area contributed by atoms with Gasteiger partial charge >= 0.3 is 0 Å². The SMILES string of the molecule is CCN1N=CC(C)(C)C1=O. The Kier molecular flexibility index (Phi) is 1.50. The minimum Gasteiger partial charge on any atom is -0.272 e. The van der Waals surface area contributed by atoms with Crippen molar-refractivity contribution in [2.45, 2.75) is 20.8 Å². The van der Waals surface area contributed by atoms with Gasteiger partial charge in [-0.2, -0.15) is 5.10 Å². The third-order valence-electron chi connectivity index (χ3n) is 1.61. The molecule has 0 spiro atoms. The van der Waals surface area contributed by atoms with Crippen LogP contribution in [0.25, 0.3) is 0 Å². The molecule has 0 unspecified atom stereocenters. The van der Waals surface area contributed by atoms with Gasteiger partial charge in [0.1, 0.15) is 0 Å². The molecule has 1 rings (SSSR count). The van der Waals surface area contributed by atoms with Gasteiger partial charge in [0.05, 0.1) is 5.41 Å². The van der Waals surface area contributed by atoms with E-state index in [2.05, 4.69) is 5.10 Å². The second-order valence-electron chi connectivity index (χ2n) is 2.99. The Morgan fingerprint density at radius 2 is 2.30 bits per heavy atom. The molecule has 0 aliphatic carbocycles. The third-order valence-corrected chi connectivity index (χ3v) is 1.61. The molecule has 0 saturated heterocycles. The van der Waals surface area contributed by atoms with E-state index in [0.717, 1.165) is 0 Å². The van der Waals surface area contributed by atoms with Gasteiger partial charge < -0.3 is 0 Å². The molecule has 10 heavy (non-hydrogen) atoms. The monoisotopic (exact) mass is 140 g/mol. The summed E-state index contributed by atoms with van der Waals surface area (Å²) in [4.78, 5) is 11.3. The molecule has 0 bridgehead atoms. The number of carbonyl (C=O) groups excluding carboxylic acids is 1. The van der Waals surface area contributed by atoms with Crippen LogP contribution in [0.15, 0.2) is 5.10 Å². The van der Waals surface area contributed by atoms with Gasteiger partial charge in [0.15, 0.2) is 0 Å². The van der Waals surface area contributed by atoms with E-state index in [4.69, 9.17) is 0 Å². The van der Waals surface area contributed by atoms with Crippen LogP contribution in [-0.4, -0.2) is 23.7 Å².